The van der Waals surface area contributed by atoms with E-state index in [-0.39, 0.29) is 16.7 Å². The van der Waals surface area contributed by atoms with Crippen molar-refractivity contribution in [3.8, 4) is 0 Å². The zero-order valence-electron chi connectivity index (χ0n) is 17.0. The Morgan fingerprint density at radius 2 is 1.68 bits per heavy atom. The first-order valence-corrected chi connectivity index (χ1v) is 9.45. The van der Waals surface area contributed by atoms with Crippen molar-refractivity contribution >= 4 is 11.7 Å². The predicted octanol–water partition coefficient (Wildman–Crippen LogP) is 3.52. The molecular formula is C20H34N4O. The molecule has 2 rings (SSSR count). The lowest BCUT2D eigenvalue weighted by Crippen LogP contribution is -2.35. The number of carbonyl (C=O) groups excluding carboxylic acids is 1. The van der Waals surface area contributed by atoms with E-state index in [1.54, 1.807) is 0 Å². The van der Waals surface area contributed by atoms with E-state index in [4.69, 9.17) is 9.97 Å². The molecule has 140 valence electrons. The second-order valence-corrected chi connectivity index (χ2v) is 9.01. The summed E-state index contributed by atoms with van der Waals surface area (Å²) in [5.41, 5.74) is 0.966. The average molecular weight is 347 g/mol. The van der Waals surface area contributed by atoms with Crippen molar-refractivity contribution in [3.63, 3.8) is 0 Å². The van der Waals surface area contributed by atoms with Crippen LogP contribution in [0.15, 0.2) is 6.07 Å². The van der Waals surface area contributed by atoms with E-state index in [0.717, 1.165) is 49.9 Å². The monoisotopic (exact) mass is 346 g/mol. The average Bonchev–Trinajstić information content (AvgIpc) is 2.78. The summed E-state index contributed by atoms with van der Waals surface area (Å²) in [6, 6.07) is 2.13. The second kappa shape index (κ2) is 7.30. The fourth-order valence-electron chi connectivity index (χ4n) is 2.94. The number of hydrogen-bond donors (Lipinski definition) is 0. The van der Waals surface area contributed by atoms with Crippen molar-refractivity contribution in [2.75, 3.05) is 31.1 Å². The number of nitrogens with zero attached hydrogens (tertiary/aromatic N) is 4. The highest BCUT2D eigenvalue weighted by atomic mass is 16.2. The highest BCUT2D eigenvalue weighted by Crippen LogP contribution is 2.28. The molecule has 25 heavy (non-hydrogen) atoms. The molecule has 1 aromatic rings. The molecule has 0 unspecified atom stereocenters. The summed E-state index contributed by atoms with van der Waals surface area (Å²) in [5, 5.41) is 0. The van der Waals surface area contributed by atoms with E-state index in [1.807, 2.05) is 11.8 Å². The summed E-state index contributed by atoms with van der Waals surface area (Å²) in [6.07, 6.45) is 1.56. The van der Waals surface area contributed by atoms with E-state index in [2.05, 4.69) is 52.5 Å². The molecule has 0 radical (unpaired) electrons. The lowest BCUT2D eigenvalue weighted by Gasteiger charge is -2.28. The topological polar surface area (TPSA) is 49.3 Å². The third-order valence-corrected chi connectivity index (χ3v) is 4.63. The molecule has 0 bridgehead atoms. The SMILES string of the molecule is CCC(=O)N1CCCN(c2cc(C(C)(C)C)nc(C(C)(C)C)n2)CC1. The standard InChI is InChI=1S/C20H34N4O/c1-8-17(25)24-11-9-10-23(12-13-24)16-14-15(19(2,3)4)21-18(22-16)20(5,6)7/h14H,8-13H2,1-7H3. The van der Waals surface area contributed by atoms with Crippen LogP contribution in [0.1, 0.15) is 72.8 Å². The van der Waals surface area contributed by atoms with Crippen LogP contribution in [0.5, 0.6) is 0 Å². The molecule has 2 heterocycles. The molecule has 1 aliphatic heterocycles. The van der Waals surface area contributed by atoms with Gasteiger partial charge in [0.25, 0.3) is 0 Å². The Bertz CT molecular complexity index is 581. The van der Waals surface area contributed by atoms with Gasteiger partial charge in [0.2, 0.25) is 5.91 Å². The van der Waals surface area contributed by atoms with E-state index in [1.165, 1.54) is 0 Å². The van der Waals surface area contributed by atoms with Crippen molar-refractivity contribution in [3.05, 3.63) is 17.6 Å². The molecule has 5 nitrogen and oxygen atoms in total. The number of rotatable bonds is 2. The van der Waals surface area contributed by atoms with Crippen LogP contribution in [-0.2, 0) is 15.6 Å². The lowest BCUT2D eigenvalue weighted by atomic mass is 9.90. The van der Waals surface area contributed by atoms with Gasteiger partial charge in [0.05, 0.1) is 5.69 Å². The van der Waals surface area contributed by atoms with E-state index in [0.29, 0.717) is 6.42 Å². The van der Waals surface area contributed by atoms with Crippen LogP contribution in [-0.4, -0.2) is 47.0 Å². The molecule has 0 spiro atoms. The Morgan fingerprint density at radius 3 is 2.24 bits per heavy atom. The summed E-state index contributed by atoms with van der Waals surface area (Å²) >= 11 is 0. The molecule has 1 amide bonds. The van der Waals surface area contributed by atoms with Gasteiger partial charge in [-0.2, -0.15) is 0 Å². The van der Waals surface area contributed by atoms with Gasteiger partial charge in [-0.15, -0.1) is 0 Å². The lowest BCUT2D eigenvalue weighted by molar-refractivity contribution is -0.130. The van der Waals surface area contributed by atoms with Crippen LogP contribution < -0.4 is 4.90 Å². The fourth-order valence-corrected chi connectivity index (χ4v) is 2.94. The Labute approximate surface area is 152 Å². The number of carbonyl (C=O) groups is 1. The van der Waals surface area contributed by atoms with Crippen LogP contribution in [0.2, 0.25) is 0 Å². The molecule has 1 aromatic heterocycles. The molecule has 0 aromatic carbocycles. The normalized spacial score (nSPS) is 16.8. The van der Waals surface area contributed by atoms with Crippen LogP contribution in [0.3, 0.4) is 0 Å². The molecule has 0 saturated carbocycles. The zero-order chi connectivity index (χ0) is 18.8. The Balaban J connectivity index is 2.33. The Morgan fingerprint density at radius 1 is 1.00 bits per heavy atom. The minimum Gasteiger partial charge on any atom is -0.355 e. The van der Waals surface area contributed by atoms with Crippen molar-refractivity contribution in [2.24, 2.45) is 0 Å². The van der Waals surface area contributed by atoms with Gasteiger partial charge in [-0.1, -0.05) is 48.5 Å². The van der Waals surface area contributed by atoms with Crippen molar-refractivity contribution in [1.29, 1.82) is 0 Å². The molecule has 5 heteroatoms. The van der Waals surface area contributed by atoms with Crippen molar-refractivity contribution in [2.45, 2.75) is 72.1 Å². The van der Waals surface area contributed by atoms with E-state index >= 15 is 0 Å². The summed E-state index contributed by atoms with van der Waals surface area (Å²) in [6.45, 7) is 18.3. The van der Waals surface area contributed by atoms with Gasteiger partial charge in [0.15, 0.2) is 0 Å². The first-order chi connectivity index (χ1) is 11.5. The van der Waals surface area contributed by atoms with Gasteiger partial charge >= 0.3 is 0 Å². The number of hydrogen-bond acceptors (Lipinski definition) is 4. The summed E-state index contributed by atoms with van der Waals surface area (Å²) < 4.78 is 0. The second-order valence-electron chi connectivity index (χ2n) is 9.01. The molecule has 1 aliphatic rings. The number of aromatic nitrogens is 2. The minimum absolute atomic E-state index is 0.0201. The predicted molar refractivity (Wildman–Crippen MR) is 103 cm³/mol. The van der Waals surface area contributed by atoms with Crippen molar-refractivity contribution < 1.29 is 4.79 Å². The summed E-state index contributed by atoms with van der Waals surface area (Å²) in [7, 11) is 0. The largest absolute Gasteiger partial charge is 0.355 e. The molecule has 1 fully saturated rings. The first kappa shape index (κ1) is 19.7. The van der Waals surface area contributed by atoms with Gasteiger partial charge in [0.1, 0.15) is 11.6 Å². The zero-order valence-corrected chi connectivity index (χ0v) is 17.0. The Kier molecular flexibility index (Phi) is 5.75. The quantitative estimate of drug-likeness (QED) is 0.822. The first-order valence-electron chi connectivity index (χ1n) is 9.45. The number of amides is 1. The Hall–Kier alpha value is -1.65. The van der Waals surface area contributed by atoms with Gasteiger partial charge in [0, 0.05) is 49.5 Å². The van der Waals surface area contributed by atoms with Crippen LogP contribution in [0.25, 0.3) is 0 Å². The van der Waals surface area contributed by atoms with Gasteiger partial charge < -0.3 is 9.80 Å². The number of anilines is 1. The molecule has 0 N–H and O–H groups in total. The van der Waals surface area contributed by atoms with E-state index < -0.39 is 0 Å². The van der Waals surface area contributed by atoms with Gasteiger partial charge in [-0.25, -0.2) is 9.97 Å². The smallest absolute Gasteiger partial charge is 0.222 e. The van der Waals surface area contributed by atoms with Gasteiger partial charge in [-0.05, 0) is 6.42 Å². The molecule has 1 saturated heterocycles. The third kappa shape index (κ3) is 4.93. The molecule has 0 aliphatic carbocycles. The third-order valence-electron chi connectivity index (χ3n) is 4.63. The van der Waals surface area contributed by atoms with Gasteiger partial charge in [-0.3, -0.25) is 4.79 Å². The summed E-state index contributed by atoms with van der Waals surface area (Å²) in [4.78, 5) is 26.0. The highest BCUT2D eigenvalue weighted by Gasteiger charge is 2.26. The van der Waals surface area contributed by atoms with Crippen LogP contribution in [0.4, 0.5) is 5.82 Å². The highest BCUT2D eigenvalue weighted by molar-refractivity contribution is 5.75. The molecular weight excluding hydrogens is 312 g/mol. The maximum Gasteiger partial charge on any atom is 0.222 e. The van der Waals surface area contributed by atoms with Crippen LogP contribution in [0, 0.1) is 0 Å². The van der Waals surface area contributed by atoms with Crippen LogP contribution >= 0.6 is 0 Å². The van der Waals surface area contributed by atoms with E-state index in [9.17, 15) is 4.79 Å². The maximum absolute atomic E-state index is 12.0. The maximum atomic E-state index is 12.0. The van der Waals surface area contributed by atoms with Crippen molar-refractivity contribution in [1.82, 2.24) is 14.9 Å². The summed E-state index contributed by atoms with van der Waals surface area (Å²) in [5.74, 6) is 2.13. The fraction of sp³-hybridized carbons (Fsp3) is 0.750. The minimum atomic E-state index is -0.0912. The molecule has 0 atom stereocenters.